The number of carbonyl (C=O) groups is 2. The number of hydrogen-bond donors (Lipinski definition) is 1. The quantitative estimate of drug-likeness (QED) is 0.490. The molecule has 176 valence electrons. The summed E-state index contributed by atoms with van der Waals surface area (Å²) in [6.45, 7) is 1.38. The molecular formula is C28H27N5O2. The van der Waals surface area contributed by atoms with Crippen molar-refractivity contribution in [3.05, 3.63) is 95.4 Å². The fraction of sp³-hybridized carbons (Fsp3) is 0.250. The number of aromatic nitrogens is 2. The first-order valence-corrected chi connectivity index (χ1v) is 12.0. The molecule has 2 aliphatic rings. The standard InChI is InChI=1S/C28H27N5O2/c1-31-23-11-4-3-10-22(23)28(35)32-17-14-21-20-9-2-5-12-24(20)33(26(21)27(31)32)18-25(34)30-16-13-19-8-6-7-15-29-19/h2-12,15,27H,13-14,16-18H2,1H3,(H,30,34)/t27-/m1/s1. The molecule has 4 aromatic rings. The second kappa shape index (κ2) is 8.58. The van der Waals surface area contributed by atoms with E-state index in [4.69, 9.17) is 0 Å². The zero-order valence-electron chi connectivity index (χ0n) is 19.6. The van der Waals surface area contributed by atoms with Gasteiger partial charge in [-0.25, -0.2) is 0 Å². The van der Waals surface area contributed by atoms with Gasteiger partial charge in [-0.1, -0.05) is 36.4 Å². The van der Waals surface area contributed by atoms with Crippen LogP contribution in [0.5, 0.6) is 0 Å². The highest BCUT2D eigenvalue weighted by Crippen LogP contribution is 2.44. The van der Waals surface area contributed by atoms with E-state index in [1.807, 2.05) is 66.5 Å². The van der Waals surface area contributed by atoms with Gasteiger partial charge in [0.15, 0.2) is 0 Å². The van der Waals surface area contributed by atoms with Gasteiger partial charge in [-0.3, -0.25) is 14.6 Å². The van der Waals surface area contributed by atoms with E-state index in [1.54, 1.807) is 6.20 Å². The highest BCUT2D eigenvalue weighted by atomic mass is 16.2. The molecule has 0 aliphatic carbocycles. The normalized spacial score (nSPS) is 16.6. The molecule has 0 fully saturated rings. The first-order chi connectivity index (χ1) is 17.1. The van der Waals surface area contributed by atoms with Crippen molar-refractivity contribution in [2.75, 3.05) is 25.0 Å². The van der Waals surface area contributed by atoms with E-state index in [-0.39, 0.29) is 24.5 Å². The summed E-state index contributed by atoms with van der Waals surface area (Å²) in [5, 5.41) is 4.21. The second-order valence-electron chi connectivity index (χ2n) is 9.14. The van der Waals surface area contributed by atoms with Crippen molar-refractivity contribution in [3.63, 3.8) is 0 Å². The molecule has 2 aliphatic heterocycles. The Labute approximate surface area is 204 Å². The van der Waals surface area contributed by atoms with E-state index >= 15 is 0 Å². The summed E-state index contributed by atoms with van der Waals surface area (Å²) in [6.07, 6.45) is 2.96. The van der Waals surface area contributed by atoms with Gasteiger partial charge in [-0.2, -0.15) is 0 Å². The number of para-hydroxylation sites is 2. The predicted molar refractivity (Wildman–Crippen MR) is 135 cm³/mol. The van der Waals surface area contributed by atoms with Crippen molar-refractivity contribution in [2.24, 2.45) is 0 Å². The van der Waals surface area contributed by atoms with Crippen LogP contribution in [0.15, 0.2) is 72.9 Å². The van der Waals surface area contributed by atoms with Gasteiger partial charge in [-0.05, 0) is 42.3 Å². The number of anilines is 1. The van der Waals surface area contributed by atoms with Crippen LogP contribution < -0.4 is 10.2 Å². The molecule has 0 radical (unpaired) electrons. The van der Waals surface area contributed by atoms with Gasteiger partial charge in [0.25, 0.3) is 5.91 Å². The number of nitrogens with one attached hydrogen (secondary N) is 1. The molecule has 0 bridgehead atoms. The van der Waals surface area contributed by atoms with Crippen LogP contribution in [0, 0.1) is 0 Å². The van der Waals surface area contributed by atoms with Crippen LogP contribution in [0.25, 0.3) is 10.9 Å². The molecule has 35 heavy (non-hydrogen) atoms. The summed E-state index contributed by atoms with van der Waals surface area (Å²) in [5.41, 5.74) is 5.88. The van der Waals surface area contributed by atoms with Gasteiger partial charge in [-0.15, -0.1) is 0 Å². The van der Waals surface area contributed by atoms with Gasteiger partial charge < -0.3 is 19.7 Å². The van der Waals surface area contributed by atoms with Crippen LogP contribution >= 0.6 is 0 Å². The molecule has 0 saturated heterocycles. The van der Waals surface area contributed by atoms with Crippen molar-refractivity contribution in [1.29, 1.82) is 0 Å². The predicted octanol–water partition coefficient (Wildman–Crippen LogP) is 3.54. The third kappa shape index (κ3) is 3.55. The van der Waals surface area contributed by atoms with Crippen LogP contribution in [0.4, 0.5) is 5.69 Å². The van der Waals surface area contributed by atoms with E-state index in [1.165, 1.54) is 5.56 Å². The maximum atomic E-state index is 13.4. The first-order valence-electron chi connectivity index (χ1n) is 12.0. The topological polar surface area (TPSA) is 70.5 Å². The molecule has 6 rings (SSSR count). The number of nitrogens with zero attached hydrogens (tertiary/aromatic N) is 4. The largest absolute Gasteiger partial charge is 0.354 e. The second-order valence-corrected chi connectivity index (χ2v) is 9.14. The first kappa shape index (κ1) is 21.4. The van der Waals surface area contributed by atoms with Gasteiger partial charge >= 0.3 is 0 Å². The van der Waals surface area contributed by atoms with E-state index in [9.17, 15) is 9.59 Å². The van der Waals surface area contributed by atoms with Gasteiger partial charge in [0.1, 0.15) is 12.7 Å². The van der Waals surface area contributed by atoms with E-state index in [0.29, 0.717) is 19.5 Å². The molecule has 7 nitrogen and oxygen atoms in total. The number of pyridine rings is 1. The van der Waals surface area contributed by atoms with E-state index in [0.717, 1.165) is 40.0 Å². The van der Waals surface area contributed by atoms with Crippen molar-refractivity contribution in [3.8, 4) is 0 Å². The summed E-state index contributed by atoms with van der Waals surface area (Å²) in [4.78, 5) is 35.0. The highest BCUT2D eigenvalue weighted by Gasteiger charge is 2.42. The van der Waals surface area contributed by atoms with Gasteiger partial charge in [0, 0.05) is 49.4 Å². The van der Waals surface area contributed by atoms with Gasteiger partial charge in [0.05, 0.1) is 16.9 Å². The maximum Gasteiger partial charge on any atom is 0.257 e. The zero-order chi connectivity index (χ0) is 23.9. The number of rotatable bonds is 5. The molecule has 2 aromatic carbocycles. The average Bonchev–Trinajstić information content (AvgIpc) is 3.21. The number of fused-ring (bicyclic) bond motifs is 6. The SMILES string of the molecule is CN1c2ccccc2C(=O)N2CCc3c(n(CC(=O)NCCc4ccccn4)c4ccccc34)[C@@H]21. The molecule has 1 N–H and O–H groups in total. The minimum atomic E-state index is -0.255. The van der Waals surface area contributed by atoms with Crippen molar-refractivity contribution < 1.29 is 9.59 Å². The summed E-state index contributed by atoms with van der Waals surface area (Å²) < 4.78 is 2.11. The molecule has 0 unspecified atom stereocenters. The summed E-state index contributed by atoms with van der Waals surface area (Å²) in [7, 11) is 2.03. The molecule has 4 heterocycles. The summed E-state index contributed by atoms with van der Waals surface area (Å²) in [5.74, 6) is -0.00207. The highest BCUT2D eigenvalue weighted by molar-refractivity contribution is 6.02. The minimum Gasteiger partial charge on any atom is -0.354 e. The number of carbonyl (C=O) groups excluding carboxylic acids is 2. The smallest absolute Gasteiger partial charge is 0.257 e. The summed E-state index contributed by atoms with van der Waals surface area (Å²) >= 11 is 0. The molecule has 0 spiro atoms. The third-order valence-electron chi connectivity index (χ3n) is 7.14. The fourth-order valence-electron chi connectivity index (χ4n) is 5.55. The lowest BCUT2D eigenvalue weighted by Crippen LogP contribution is -2.51. The Kier molecular flexibility index (Phi) is 5.25. The Balaban J connectivity index is 1.35. The van der Waals surface area contributed by atoms with Crippen molar-refractivity contribution in [2.45, 2.75) is 25.6 Å². The lowest BCUT2D eigenvalue weighted by Gasteiger charge is -2.46. The molecule has 1 atom stereocenters. The van der Waals surface area contributed by atoms with Crippen LogP contribution in [0.2, 0.25) is 0 Å². The Morgan fingerprint density at radius 1 is 1.06 bits per heavy atom. The maximum absolute atomic E-state index is 13.4. The van der Waals surface area contributed by atoms with Crippen LogP contribution in [-0.2, 0) is 24.2 Å². The molecule has 0 saturated carbocycles. The number of hydrogen-bond acceptors (Lipinski definition) is 4. The molecular weight excluding hydrogens is 438 g/mol. The van der Waals surface area contributed by atoms with Crippen molar-refractivity contribution in [1.82, 2.24) is 19.8 Å². The van der Waals surface area contributed by atoms with E-state index in [2.05, 4.69) is 31.9 Å². The monoisotopic (exact) mass is 465 g/mol. The Morgan fingerprint density at radius 2 is 1.86 bits per heavy atom. The Morgan fingerprint density at radius 3 is 2.71 bits per heavy atom. The summed E-state index contributed by atoms with van der Waals surface area (Å²) in [6, 6.07) is 21.8. The Hall–Kier alpha value is -4.13. The van der Waals surface area contributed by atoms with Crippen LogP contribution in [-0.4, -0.2) is 46.4 Å². The zero-order valence-corrected chi connectivity index (χ0v) is 19.6. The third-order valence-corrected chi connectivity index (χ3v) is 7.14. The lowest BCUT2D eigenvalue weighted by atomic mass is 9.96. The minimum absolute atomic E-state index is 0.0472. The van der Waals surface area contributed by atoms with E-state index < -0.39 is 0 Å². The molecule has 2 aromatic heterocycles. The van der Waals surface area contributed by atoms with Crippen molar-refractivity contribution >= 4 is 28.4 Å². The average molecular weight is 466 g/mol. The van der Waals surface area contributed by atoms with Crippen LogP contribution in [0.1, 0.15) is 33.5 Å². The number of benzene rings is 2. The lowest BCUT2D eigenvalue weighted by molar-refractivity contribution is -0.121. The van der Waals surface area contributed by atoms with Crippen LogP contribution in [0.3, 0.4) is 0 Å². The Bertz CT molecular complexity index is 1430. The number of amides is 2. The molecule has 2 amide bonds. The fourth-order valence-corrected chi connectivity index (χ4v) is 5.55. The van der Waals surface area contributed by atoms with Gasteiger partial charge in [0.2, 0.25) is 5.91 Å². The molecule has 7 heteroatoms.